The second-order valence-electron chi connectivity index (χ2n) is 8.58. The molecule has 5 unspecified atom stereocenters. The van der Waals surface area contributed by atoms with E-state index in [2.05, 4.69) is 33.8 Å². The molecular formula is C23H28N4O3. The number of amides is 2. The zero-order valence-electron chi connectivity index (χ0n) is 17.2. The van der Waals surface area contributed by atoms with Crippen LogP contribution in [0.4, 0.5) is 0 Å². The van der Waals surface area contributed by atoms with Crippen molar-refractivity contribution >= 4 is 17.8 Å². The number of fused-ring (bicyclic) bond motifs is 6. The van der Waals surface area contributed by atoms with E-state index in [0.717, 1.165) is 25.1 Å². The molecule has 1 saturated carbocycles. The molecule has 7 nitrogen and oxygen atoms in total. The minimum absolute atomic E-state index is 0.00501. The van der Waals surface area contributed by atoms with Gasteiger partial charge in [-0.25, -0.2) is 0 Å². The zero-order chi connectivity index (χ0) is 20.7. The van der Waals surface area contributed by atoms with Crippen molar-refractivity contribution in [3.05, 3.63) is 42.0 Å². The number of guanidine groups is 1. The summed E-state index contributed by atoms with van der Waals surface area (Å²) in [6, 6.07) is 8.15. The number of ether oxygens (including phenoxy) is 1. The number of hydrogen-bond donors (Lipinski definition) is 2. The molecule has 2 amide bonds. The molecule has 2 heterocycles. The van der Waals surface area contributed by atoms with Crippen molar-refractivity contribution < 1.29 is 14.3 Å². The van der Waals surface area contributed by atoms with Crippen LogP contribution < -0.4 is 15.4 Å². The van der Waals surface area contributed by atoms with E-state index in [1.54, 1.807) is 7.05 Å². The maximum atomic E-state index is 12.8. The van der Waals surface area contributed by atoms with Gasteiger partial charge in [-0.2, -0.15) is 0 Å². The summed E-state index contributed by atoms with van der Waals surface area (Å²) in [7, 11) is 1.73. The number of benzene rings is 1. The number of hydrogen-bond acceptors (Lipinski definition) is 4. The third-order valence-electron chi connectivity index (χ3n) is 7.01. The second kappa shape index (κ2) is 7.78. The zero-order valence-corrected chi connectivity index (χ0v) is 17.2. The average molecular weight is 409 g/mol. The lowest BCUT2D eigenvalue weighted by Gasteiger charge is -2.26. The fourth-order valence-electron chi connectivity index (χ4n) is 5.54. The molecular weight excluding hydrogens is 380 g/mol. The van der Waals surface area contributed by atoms with Gasteiger partial charge in [0, 0.05) is 32.6 Å². The molecule has 1 aromatic carbocycles. The van der Waals surface area contributed by atoms with E-state index in [4.69, 9.17) is 4.74 Å². The minimum Gasteiger partial charge on any atom is -0.493 e. The van der Waals surface area contributed by atoms with Gasteiger partial charge >= 0.3 is 0 Å². The molecule has 2 N–H and O–H groups in total. The van der Waals surface area contributed by atoms with Crippen molar-refractivity contribution in [3.63, 3.8) is 0 Å². The normalized spacial score (nSPS) is 31.6. The quantitative estimate of drug-likeness (QED) is 0.334. The van der Waals surface area contributed by atoms with Gasteiger partial charge in [-0.1, -0.05) is 30.4 Å². The van der Waals surface area contributed by atoms with Crippen LogP contribution in [0.5, 0.6) is 5.75 Å². The summed E-state index contributed by atoms with van der Waals surface area (Å²) in [6.07, 6.45) is 6.17. The lowest BCUT2D eigenvalue weighted by molar-refractivity contribution is -0.140. The smallest absolute Gasteiger partial charge is 0.233 e. The van der Waals surface area contributed by atoms with Crippen LogP contribution in [0.1, 0.15) is 24.3 Å². The molecule has 5 rings (SSSR count). The Morgan fingerprint density at radius 3 is 2.60 bits per heavy atom. The third-order valence-corrected chi connectivity index (χ3v) is 7.01. The minimum atomic E-state index is -0.126. The van der Waals surface area contributed by atoms with Gasteiger partial charge in [-0.15, -0.1) is 0 Å². The number of aliphatic imine (C=N–C) groups is 1. The Hall–Kier alpha value is -2.83. The SMILES string of the molecule is CN=C(NCCN1C(=O)C2C3C=CC(C3)C2C1=O)NCC1CCOc2ccccc21. The predicted octanol–water partition coefficient (Wildman–Crippen LogP) is 1.52. The van der Waals surface area contributed by atoms with Gasteiger partial charge in [0.25, 0.3) is 0 Å². The second-order valence-corrected chi connectivity index (χ2v) is 8.58. The fourth-order valence-corrected chi connectivity index (χ4v) is 5.54. The standard InChI is InChI=1S/C23H28N4O3/c1-24-23(26-13-16-8-11-30-18-5-3-2-4-17(16)18)25-9-10-27-21(28)19-14-6-7-15(12-14)20(19)22(27)29/h2-7,14-16,19-20H,8-13H2,1H3,(H2,24,25,26). The number of rotatable bonds is 5. The van der Waals surface area contributed by atoms with Crippen LogP contribution in [0, 0.1) is 23.7 Å². The van der Waals surface area contributed by atoms with Crippen molar-refractivity contribution in [2.45, 2.75) is 18.8 Å². The molecule has 5 atom stereocenters. The number of likely N-dealkylation sites (tertiary alicyclic amines) is 1. The summed E-state index contributed by atoms with van der Waals surface area (Å²) >= 11 is 0. The number of para-hydroxylation sites is 1. The molecule has 158 valence electrons. The summed E-state index contributed by atoms with van der Waals surface area (Å²) in [5, 5.41) is 6.63. The van der Waals surface area contributed by atoms with Gasteiger partial charge in [0.15, 0.2) is 5.96 Å². The van der Waals surface area contributed by atoms with Crippen LogP contribution >= 0.6 is 0 Å². The maximum absolute atomic E-state index is 12.8. The van der Waals surface area contributed by atoms with Gasteiger partial charge in [0.1, 0.15) is 5.75 Å². The van der Waals surface area contributed by atoms with Gasteiger partial charge < -0.3 is 15.4 Å². The lowest BCUT2D eigenvalue weighted by atomic mass is 9.85. The van der Waals surface area contributed by atoms with Gasteiger partial charge in [0.2, 0.25) is 11.8 Å². The first kappa shape index (κ1) is 19.2. The van der Waals surface area contributed by atoms with Crippen LogP contribution in [0.25, 0.3) is 0 Å². The van der Waals surface area contributed by atoms with E-state index >= 15 is 0 Å². The Kier molecular flexibility index (Phi) is 4.97. The number of nitrogens with zero attached hydrogens (tertiary/aromatic N) is 2. The van der Waals surface area contributed by atoms with Gasteiger partial charge in [-0.3, -0.25) is 19.5 Å². The Labute approximate surface area is 176 Å². The van der Waals surface area contributed by atoms with Crippen molar-refractivity contribution in [3.8, 4) is 5.75 Å². The Balaban J connectivity index is 1.13. The average Bonchev–Trinajstić information content (AvgIpc) is 3.45. The predicted molar refractivity (Wildman–Crippen MR) is 113 cm³/mol. The number of carbonyl (C=O) groups is 2. The Bertz CT molecular complexity index is 881. The number of allylic oxidation sites excluding steroid dienone is 2. The summed E-state index contributed by atoms with van der Waals surface area (Å²) in [4.78, 5) is 31.3. The maximum Gasteiger partial charge on any atom is 0.233 e. The summed E-state index contributed by atoms with van der Waals surface area (Å²) in [6.45, 7) is 2.34. The largest absolute Gasteiger partial charge is 0.493 e. The monoisotopic (exact) mass is 408 g/mol. The Morgan fingerprint density at radius 1 is 1.13 bits per heavy atom. The molecule has 30 heavy (non-hydrogen) atoms. The van der Waals surface area contributed by atoms with E-state index in [1.165, 1.54) is 10.5 Å². The van der Waals surface area contributed by atoms with E-state index in [9.17, 15) is 9.59 Å². The van der Waals surface area contributed by atoms with Gasteiger partial charge in [0.05, 0.1) is 18.4 Å². The van der Waals surface area contributed by atoms with E-state index in [-0.39, 0.29) is 35.5 Å². The van der Waals surface area contributed by atoms with Crippen LogP contribution in [-0.4, -0.2) is 56.0 Å². The van der Waals surface area contributed by atoms with Crippen molar-refractivity contribution in [1.29, 1.82) is 0 Å². The first-order valence-electron chi connectivity index (χ1n) is 10.9. The molecule has 1 aromatic rings. The van der Waals surface area contributed by atoms with Crippen molar-refractivity contribution in [2.75, 3.05) is 33.3 Å². The van der Waals surface area contributed by atoms with E-state index < -0.39 is 0 Å². The lowest BCUT2D eigenvalue weighted by Crippen LogP contribution is -2.44. The summed E-state index contributed by atoms with van der Waals surface area (Å²) < 4.78 is 5.73. The number of imide groups is 1. The van der Waals surface area contributed by atoms with Crippen LogP contribution in [0.2, 0.25) is 0 Å². The first-order valence-corrected chi connectivity index (χ1v) is 10.9. The van der Waals surface area contributed by atoms with Gasteiger partial charge in [-0.05, 0) is 36.3 Å². The highest BCUT2D eigenvalue weighted by molar-refractivity contribution is 6.06. The van der Waals surface area contributed by atoms with E-state index in [1.807, 2.05) is 18.2 Å². The van der Waals surface area contributed by atoms with Crippen molar-refractivity contribution in [2.24, 2.45) is 28.7 Å². The molecule has 7 heteroatoms. The highest BCUT2D eigenvalue weighted by atomic mass is 16.5. The number of carbonyl (C=O) groups excluding carboxylic acids is 2. The van der Waals surface area contributed by atoms with E-state index in [0.29, 0.717) is 31.6 Å². The van der Waals surface area contributed by atoms with Crippen LogP contribution in [0.15, 0.2) is 41.4 Å². The highest BCUT2D eigenvalue weighted by Gasteiger charge is 2.58. The molecule has 0 spiro atoms. The topological polar surface area (TPSA) is 83.0 Å². The van der Waals surface area contributed by atoms with Crippen molar-refractivity contribution in [1.82, 2.24) is 15.5 Å². The molecule has 2 aliphatic heterocycles. The van der Waals surface area contributed by atoms with Crippen LogP contribution in [0.3, 0.4) is 0 Å². The molecule has 1 saturated heterocycles. The third kappa shape index (κ3) is 3.16. The molecule has 0 aromatic heterocycles. The molecule has 2 bridgehead atoms. The summed E-state index contributed by atoms with van der Waals surface area (Å²) in [5.41, 5.74) is 1.22. The molecule has 0 radical (unpaired) electrons. The first-order chi connectivity index (χ1) is 14.7. The molecule has 2 fully saturated rings. The van der Waals surface area contributed by atoms with Crippen LogP contribution in [-0.2, 0) is 9.59 Å². The Morgan fingerprint density at radius 2 is 1.87 bits per heavy atom. The number of nitrogens with one attached hydrogen (secondary N) is 2. The molecule has 4 aliphatic rings. The highest BCUT2D eigenvalue weighted by Crippen LogP contribution is 2.52. The fraction of sp³-hybridized carbons (Fsp3) is 0.522. The summed E-state index contributed by atoms with van der Waals surface area (Å²) in [5.74, 6) is 2.27. The molecule has 2 aliphatic carbocycles.